The van der Waals surface area contributed by atoms with Gasteiger partial charge < -0.3 is 0 Å². The first-order valence-corrected chi connectivity index (χ1v) is 6.03. The summed E-state index contributed by atoms with van der Waals surface area (Å²) in [5, 5.41) is 14.7. The molecule has 17 heavy (non-hydrogen) atoms. The van der Waals surface area contributed by atoms with Gasteiger partial charge in [-0.15, -0.1) is 6.58 Å². The number of allylic oxidation sites excluding steroid dienone is 1. The molecule has 0 bridgehead atoms. The van der Waals surface area contributed by atoms with Crippen LogP contribution in [0.15, 0.2) is 25.0 Å². The fourth-order valence-electron chi connectivity index (χ4n) is 2.58. The second-order valence-corrected chi connectivity index (χ2v) is 4.56. The third-order valence-corrected chi connectivity index (χ3v) is 3.48. The van der Waals surface area contributed by atoms with Gasteiger partial charge in [0.1, 0.15) is 12.4 Å². The van der Waals surface area contributed by atoms with Gasteiger partial charge in [-0.25, -0.2) is 0 Å². The van der Waals surface area contributed by atoms with Gasteiger partial charge in [-0.3, -0.25) is 14.8 Å². The Hall–Kier alpha value is -1.65. The average molecular weight is 235 g/mol. The molecule has 0 amide bonds. The van der Waals surface area contributed by atoms with E-state index in [-0.39, 0.29) is 11.7 Å². The van der Waals surface area contributed by atoms with E-state index in [2.05, 4.69) is 11.7 Å². The van der Waals surface area contributed by atoms with E-state index in [1.165, 1.54) is 31.7 Å². The molecule has 1 saturated carbocycles. The molecule has 0 N–H and O–H groups in total. The number of aromatic nitrogens is 2. The van der Waals surface area contributed by atoms with E-state index >= 15 is 0 Å². The average Bonchev–Trinajstić information content (AvgIpc) is 2.81. The standard InChI is InChI=1S/C12H17N3O2/c1-2-12(10-6-4-3-5-7-10)14-9-11(8-13-14)15(16)17/h2,8-10,12H,1,3-7H2. The van der Waals surface area contributed by atoms with Crippen LogP contribution in [0.4, 0.5) is 5.69 Å². The van der Waals surface area contributed by atoms with E-state index in [0.717, 1.165) is 12.8 Å². The Balaban J connectivity index is 2.15. The van der Waals surface area contributed by atoms with Gasteiger partial charge >= 0.3 is 5.69 Å². The summed E-state index contributed by atoms with van der Waals surface area (Å²) in [6, 6.07) is 0.0870. The summed E-state index contributed by atoms with van der Waals surface area (Å²) in [7, 11) is 0. The van der Waals surface area contributed by atoms with Crippen LogP contribution in [0.5, 0.6) is 0 Å². The highest BCUT2D eigenvalue weighted by Gasteiger charge is 2.24. The summed E-state index contributed by atoms with van der Waals surface area (Å²) >= 11 is 0. The first kappa shape index (κ1) is 11.8. The first-order valence-electron chi connectivity index (χ1n) is 6.03. The number of hydrogen-bond donors (Lipinski definition) is 0. The van der Waals surface area contributed by atoms with Crippen molar-refractivity contribution in [3.63, 3.8) is 0 Å². The second kappa shape index (κ2) is 5.12. The molecule has 0 saturated heterocycles. The van der Waals surface area contributed by atoms with Gasteiger partial charge in [0.05, 0.1) is 11.0 Å². The van der Waals surface area contributed by atoms with Crippen LogP contribution in [-0.2, 0) is 0 Å². The van der Waals surface area contributed by atoms with Crippen molar-refractivity contribution >= 4 is 5.69 Å². The molecule has 92 valence electrons. The summed E-state index contributed by atoms with van der Waals surface area (Å²) in [4.78, 5) is 10.2. The molecular formula is C12H17N3O2. The molecule has 0 aliphatic heterocycles. The molecule has 0 spiro atoms. The van der Waals surface area contributed by atoms with Crippen molar-refractivity contribution in [2.45, 2.75) is 38.1 Å². The third-order valence-electron chi connectivity index (χ3n) is 3.48. The Labute approximate surface area is 100 Å². The van der Waals surface area contributed by atoms with Crippen LogP contribution < -0.4 is 0 Å². The van der Waals surface area contributed by atoms with Crippen molar-refractivity contribution in [1.82, 2.24) is 9.78 Å². The Morgan fingerprint density at radius 1 is 1.53 bits per heavy atom. The number of rotatable bonds is 4. The van der Waals surface area contributed by atoms with E-state index in [4.69, 9.17) is 0 Å². The third kappa shape index (κ3) is 2.54. The lowest BCUT2D eigenvalue weighted by Gasteiger charge is -2.28. The van der Waals surface area contributed by atoms with Crippen molar-refractivity contribution in [1.29, 1.82) is 0 Å². The van der Waals surface area contributed by atoms with Crippen molar-refractivity contribution in [3.8, 4) is 0 Å². The van der Waals surface area contributed by atoms with Gasteiger partial charge in [0, 0.05) is 0 Å². The molecule has 1 aliphatic carbocycles. The molecule has 1 fully saturated rings. The van der Waals surface area contributed by atoms with E-state index in [1.54, 1.807) is 4.68 Å². The topological polar surface area (TPSA) is 61.0 Å². The molecule has 5 heteroatoms. The molecule has 1 aliphatic rings. The molecular weight excluding hydrogens is 218 g/mol. The van der Waals surface area contributed by atoms with Crippen molar-refractivity contribution in [2.75, 3.05) is 0 Å². The van der Waals surface area contributed by atoms with Gasteiger partial charge in [0.2, 0.25) is 0 Å². The predicted octanol–water partition coefficient (Wildman–Crippen LogP) is 3.10. The maximum absolute atomic E-state index is 10.6. The van der Waals surface area contributed by atoms with Gasteiger partial charge in [-0.1, -0.05) is 25.3 Å². The zero-order valence-corrected chi connectivity index (χ0v) is 9.79. The Bertz CT molecular complexity index is 408. The Kier molecular flexibility index (Phi) is 3.56. The zero-order chi connectivity index (χ0) is 12.3. The lowest BCUT2D eigenvalue weighted by atomic mass is 9.84. The van der Waals surface area contributed by atoms with Crippen LogP contribution in [0, 0.1) is 16.0 Å². The highest BCUT2D eigenvalue weighted by Crippen LogP contribution is 2.33. The maximum Gasteiger partial charge on any atom is 0.307 e. The highest BCUT2D eigenvalue weighted by atomic mass is 16.6. The molecule has 1 heterocycles. The lowest BCUT2D eigenvalue weighted by Crippen LogP contribution is -2.20. The molecule has 1 aromatic rings. The van der Waals surface area contributed by atoms with E-state index < -0.39 is 4.92 Å². The van der Waals surface area contributed by atoms with Gasteiger partial charge in [0.25, 0.3) is 0 Å². The maximum atomic E-state index is 10.6. The highest BCUT2D eigenvalue weighted by molar-refractivity contribution is 5.21. The predicted molar refractivity (Wildman–Crippen MR) is 64.7 cm³/mol. The van der Waals surface area contributed by atoms with Gasteiger partial charge in [-0.2, -0.15) is 5.10 Å². The SMILES string of the molecule is C=CC(C1CCCCC1)n1cc([N+](=O)[O-])cn1. The fourth-order valence-corrected chi connectivity index (χ4v) is 2.58. The van der Waals surface area contributed by atoms with Crippen molar-refractivity contribution < 1.29 is 4.92 Å². The zero-order valence-electron chi connectivity index (χ0n) is 9.79. The largest absolute Gasteiger partial charge is 0.307 e. The minimum Gasteiger partial charge on any atom is -0.258 e. The van der Waals surface area contributed by atoms with Crippen molar-refractivity contribution in [2.24, 2.45) is 5.92 Å². The summed E-state index contributed by atoms with van der Waals surface area (Å²) in [6.07, 6.45) is 10.7. The summed E-state index contributed by atoms with van der Waals surface area (Å²) in [5.41, 5.74) is 0.0488. The molecule has 1 unspecified atom stereocenters. The summed E-state index contributed by atoms with van der Waals surface area (Å²) in [5.74, 6) is 0.515. The van der Waals surface area contributed by atoms with Crippen LogP contribution >= 0.6 is 0 Å². The van der Waals surface area contributed by atoms with E-state index in [1.807, 2.05) is 6.08 Å². The van der Waals surface area contributed by atoms with Gasteiger partial charge in [-0.05, 0) is 18.8 Å². The normalized spacial score (nSPS) is 18.8. The Morgan fingerprint density at radius 3 is 2.76 bits per heavy atom. The van der Waals surface area contributed by atoms with Gasteiger partial charge in [0.15, 0.2) is 0 Å². The number of hydrogen-bond acceptors (Lipinski definition) is 3. The van der Waals surface area contributed by atoms with Crippen LogP contribution in [0.25, 0.3) is 0 Å². The number of nitro groups is 1. The Morgan fingerprint density at radius 2 is 2.24 bits per heavy atom. The molecule has 5 nitrogen and oxygen atoms in total. The molecule has 0 radical (unpaired) electrons. The van der Waals surface area contributed by atoms with Crippen LogP contribution in [0.2, 0.25) is 0 Å². The van der Waals surface area contributed by atoms with E-state index in [9.17, 15) is 10.1 Å². The summed E-state index contributed by atoms with van der Waals surface area (Å²) in [6.45, 7) is 3.84. The minimum absolute atomic E-state index is 0.0488. The smallest absolute Gasteiger partial charge is 0.258 e. The monoisotopic (exact) mass is 235 g/mol. The number of nitrogens with zero attached hydrogens (tertiary/aromatic N) is 3. The van der Waals surface area contributed by atoms with Crippen LogP contribution in [0.3, 0.4) is 0 Å². The summed E-state index contributed by atoms with van der Waals surface area (Å²) < 4.78 is 1.68. The molecule has 1 aromatic heterocycles. The quantitative estimate of drug-likeness (QED) is 0.457. The van der Waals surface area contributed by atoms with Crippen LogP contribution in [0.1, 0.15) is 38.1 Å². The first-order chi connectivity index (χ1) is 8.22. The lowest BCUT2D eigenvalue weighted by molar-refractivity contribution is -0.385. The fraction of sp³-hybridized carbons (Fsp3) is 0.583. The second-order valence-electron chi connectivity index (χ2n) is 4.56. The van der Waals surface area contributed by atoms with Crippen LogP contribution in [-0.4, -0.2) is 14.7 Å². The molecule has 0 aromatic carbocycles. The minimum atomic E-state index is -0.412. The van der Waals surface area contributed by atoms with Crippen molar-refractivity contribution in [3.05, 3.63) is 35.2 Å². The van der Waals surface area contributed by atoms with E-state index in [0.29, 0.717) is 5.92 Å². The molecule has 2 rings (SSSR count). The molecule has 1 atom stereocenters.